The maximum absolute atomic E-state index is 2.45. The molecule has 0 atom stereocenters. The Morgan fingerprint density at radius 2 is 0.422 bits per heavy atom. The Bertz CT molecular complexity index is 2100. The second-order valence-electron chi connectivity index (χ2n) is 20.4. The van der Waals surface area contributed by atoms with Crippen molar-refractivity contribution in [3.63, 3.8) is 0 Å². The van der Waals surface area contributed by atoms with Gasteiger partial charge in [0.2, 0.25) is 0 Å². The molecule has 0 aliphatic heterocycles. The molecule has 3 heteroatoms. The molecule has 0 bridgehead atoms. The molecule has 0 nitrogen and oxygen atoms in total. The number of hydrogen-bond acceptors (Lipinski definition) is 2. The molecule has 64 heavy (non-hydrogen) atoms. The fourth-order valence-corrected chi connectivity index (χ4v) is 14.6. The van der Waals surface area contributed by atoms with E-state index in [4.69, 9.17) is 0 Å². The first-order valence-electron chi connectivity index (χ1n) is 24.1. The monoisotopic (exact) mass is 1080 g/mol. The molecule has 6 rings (SSSR count). The summed E-state index contributed by atoms with van der Waals surface area (Å²) in [6, 6.07) is 42.8. The van der Waals surface area contributed by atoms with E-state index in [1.807, 2.05) is 0 Å². The second-order valence-corrected chi connectivity index (χ2v) is 27.8. The molecule has 6 aromatic carbocycles. The molecule has 0 unspecified atom stereocenters. The number of rotatable bonds is 16. The molecule has 336 valence electrons. The van der Waals surface area contributed by atoms with Crippen molar-refractivity contribution in [3.05, 3.63) is 154 Å². The fraction of sp³-hybridized carbons (Fsp3) is 0.410. The number of benzene rings is 6. The van der Waals surface area contributed by atoms with Crippen molar-refractivity contribution in [3.8, 4) is 44.5 Å². The molecule has 0 saturated heterocycles. The molecular formula is C61H75BiS2. The van der Waals surface area contributed by atoms with Crippen LogP contribution in [-0.4, -0.2) is 27.0 Å². The van der Waals surface area contributed by atoms with E-state index in [2.05, 4.69) is 243 Å². The molecule has 0 saturated carbocycles. The van der Waals surface area contributed by atoms with Crippen molar-refractivity contribution in [2.45, 2.75) is 170 Å². The van der Waals surface area contributed by atoms with Gasteiger partial charge in [-0.2, -0.15) is 0 Å². The van der Waals surface area contributed by atoms with Crippen LogP contribution in [0.3, 0.4) is 0 Å². The van der Waals surface area contributed by atoms with Gasteiger partial charge in [-0.25, -0.2) is 0 Å². The number of hydrogen-bond donors (Lipinski definition) is 0. The van der Waals surface area contributed by atoms with Crippen LogP contribution < -0.4 is 0 Å². The average Bonchev–Trinajstić information content (AvgIpc) is 3.25. The van der Waals surface area contributed by atoms with Crippen LogP contribution >= 0.6 is 23.5 Å². The summed E-state index contributed by atoms with van der Waals surface area (Å²) in [5.41, 5.74) is 22.8. The molecule has 2 radical (unpaired) electrons. The number of thioether (sulfide) groups is 2. The third-order valence-corrected chi connectivity index (χ3v) is 17.8. The molecule has 0 aliphatic carbocycles. The van der Waals surface area contributed by atoms with Gasteiger partial charge in [0.05, 0.1) is 0 Å². The minimum absolute atomic E-state index is 0.282. The van der Waals surface area contributed by atoms with Crippen LogP contribution in [0, 0.1) is 0 Å². The van der Waals surface area contributed by atoms with Gasteiger partial charge in [-0.05, 0) is 0 Å². The zero-order chi connectivity index (χ0) is 46.7. The summed E-state index contributed by atoms with van der Waals surface area (Å²) >= 11 is 5.53. The van der Waals surface area contributed by atoms with Crippen LogP contribution in [0.5, 0.6) is 0 Å². The molecule has 0 fully saturated rings. The van der Waals surface area contributed by atoms with E-state index in [0.29, 0.717) is 47.3 Å². The van der Waals surface area contributed by atoms with Crippen molar-refractivity contribution in [1.82, 2.24) is 0 Å². The zero-order valence-electron chi connectivity index (χ0n) is 41.9. The van der Waals surface area contributed by atoms with Crippen molar-refractivity contribution < 1.29 is 0 Å². The normalized spacial score (nSPS) is 12.3. The van der Waals surface area contributed by atoms with E-state index in [0.717, 1.165) is 0 Å². The van der Waals surface area contributed by atoms with E-state index < -0.39 is 0 Å². The van der Waals surface area contributed by atoms with E-state index in [1.54, 1.807) is 0 Å². The zero-order valence-corrected chi connectivity index (χ0v) is 47.0. The molecular weight excluding hydrogens is 1010 g/mol. The predicted octanol–water partition coefficient (Wildman–Crippen LogP) is 19.7. The fourth-order valence-electron chi connectivity index (χ4n) is 9.79. The van der Waals surface area contributed by atoms with E-state index in [1.165, 1.54) is 124 Å². The first-order valence-corrected chi connectivity index (χ1v) is 27.9. The van der Waals surface area contributed by atoms with Gasteiger partial charge in [-0.15, -0.1) is 0 Å². The Morgan fingerprint density at radius 1 is 0.266 bits per heavy atom. The topological polar surface area (TPSA) is 0 Å². The van der Waals surface area contributed by atoms with Crippen LogP contribution in [0.25, 0.3) is 44.5 Å². The summed E-state index contributed by atoms with van der Waals surface area (Å²) < 4.78 is 0.282. The second kappa shape index (κ2) is 21.7. The van der Waals surface area contributed by atoms with Gasteiger partial charge in [0.25, 0.3) is 0 Å². The van der Waals surface area contributed by atoms with Crippen LogP contribution in [-0.2, 0) is 0 Å². The Morgan fingerprint density at radius 3 is 0.578 bits per heavy atom. The molecule has 6 aromatic rings. The first-order chi connectivity index (χ1) is 30.3. The minimum atomic E-state index is 0.282. The summed E-state index contributed by atoms with van der Waals surface area (Å²) in [5, 5.41) is 0. The van der Waals surface area contributed by atoms with E-state index >= 15 is 0 Å². The standard InChI is InChI=1S/C61H75S2.Bi/c1-36(2)44-23-17-24-45(37(3)4)56(44)52-31-21-32-53(57-46(38(5)6)25-18-26-47(57)39(7)8)60(52)62-35-63-61-54(58-48(40(9)10)27-19-28-49(58)41(11)12)33-22-34-55(61)59-50(42(13)14)29-20-30-51(59)43(15)16;/h17-43H,1-16H3;. The van der Waals surface area contributed by atoms with Crippen LogP contribution in [0.2, 0.25) is 0 Å². The van der Waals surface area contributed by atoms with Gasteiger partial charge in [0.15, 0.2) is 0 Å². The molecule has 0 aromatic heterocycles. The van der Waals surface area contributed by atoms with E-state index in [-0.39, 0.29) is 2.29 Å². The third-order valence-electron chi connectivity index (χ3n) is 13.0. The Labute approximate surface area is 413 Å². The Balaban J connectivity index is 1.70. The first kappa shape index (κ1) is 50.3. The van der Waals surface area contributed by atoms with Gasteiger partial charge in [-0.1, -0.05) is 0 Å². The van der Waals surface area contributed by atoms with Gasteiger partial charge in [0, 0.05) is 0 Å². The van der Waals surface area contributed by atoms with Crippen LogP contribution in [0.1, 0.15) is 203 Å². The Kier molecular flexibility index (Phi) is 17.0. The SMILES string of the molecule is CC(C)c1cccc(C(C)C)c1-c1cccc(-c2c(C(C)C)cccc2C(C)C)c1S[CH]([Bi])Sc1c(-c2c(C(C)C)cccc2C(C)C)cccc1-c1c(C(C)C)cccc1C(C)C. The third kappa shape index (κ3) is 10.5. The average molecular weight is 1080 g/mol. The van der Waals surface area contributed by atoms with E-state index in [9.17, 15) is 0 Å². The van der Waals surface area contributed by atoms with Crippen molar-refractivity contribution in [1.29, 1.82) is 0 Å². The van der Waals surface area contributed by atoms with Gasteiger partial charge < -0.3 is 0 Å². The van der Waals surface area contributed by atoms with Crippen molar-refractivity contribution in [2.75, 3.05) is 0 Å². The van der Waals surface area contributed by atoms with Gasteiger partial charge in [0.1, 0.15) is 0 Å². The summed E-state index contributed by atoms with van der Waals surface area (Å²) in [7, 11) is 0. The Hall–Kier alpha value is -3.10. The molecule has 0 heterocycles. The van der Waals surface area contributed by atoms with Crippen LogP contribution in [0.4, 0.5) is 0 Å². The molecule has 0 N–H and O–H groups in total. The summed E-state index contributed by atoms with van der Waals surface area (Å²) in [6.45, 7) is 37.9. The van der Waals surface area contributed by atoms with Crippen LogP contribution in [0.15, 0.2) is 119 Å². The molecule has 0 amide bonds. The van der Waals surface area contributed by atoms with Crippen molar-refractivity contribution >= 4 is 48.2 Å². The summed E-state index contributed by atoms with van der Waals surface area (Å²) in [6.07, 6.45) is 0. The summed E-state index contributed by atoms with van der Waals surface area (Å²) in [4.78, 5) is 2.84. The maximum atomic E-state index is 2.45. The van der Waals surface area contributed by atoms with Crippen molar-refractivity contribution in [2.24, 2.45) is 0 Å². The quantitative estimate of drug-likeness (QED) is 0.0538. The molecule has 0 aliphatic rings. The van der Waals surface area contributed by atoms with Gasteiger partial charge >= 0.3 is 417 Å². The molecule has 0 spiro atoms. The van der Waals surface area contributed by atoms with Gasteiger partial charge in [-0.3, -0.25) is 0 Å². The summed E-state index contributed by atoms with van der Waals surface area (Å²) in [5.74, 6) is 3.15. The predicted molar refractivity (Wildman–Crippen MR) is 289 cm³/mol.